The van der Waals surface area contributed by atoms with Gasteiger partial charge in [-0.2, -0.15) is 0 Å². The molecule has 234 valence electrons. The fourth-order valence-electron chi connectivity index (χ4n) is 5.35. The highest BCUT2D eigenvalue weighted by atomic mass is 32.1. The molecular formula is C33H36N6O5S. The molecule has 0 atom stereocenters. The Bertz CT molecular complexity index is 1760. The van der Waals surface area contributed by atoms with Gasteiger partial charge in [0.25, 0.3) is 23.6 Å². The third-order valence-electron chi connectivity index (χ3n) is 7.62. The summed E-state index contributed by atoms with van der Waals surface area (Å²) in [4.78, 5) is 69.0. The Labute approximate surface area is 265 Å². The molecule has 1 aliphatic heterocycles. The Balaban J connectivity index is 1.13. The zero-order valence-electron chi connectivity index (χ0n) is 25.7. The molecule has 0 saturated carbocycles. The van der Waals surface area contributed by atoms with Gasteiger partial charge in [0.2, 0.25) is 5.91 Å². The fourth-order valence-corrected chi connectivity index (χ4v) is 6.22. The van der Waals surface area contributed by atoms with Gasteiger partial charge >= 0.3 is 0 Å². The maximum absolute atomic E-state index is 13.1. The molecule has 5 amide bonds. The average molecular weight is 629 g/mol. The van der Waals surface area contributed by atoms with Crippen LogP contribution in [0.15, 0.2) is 54.7 Å². The van der Waals surface area contributed by atoms with Crippen molar-refractivity contribution < 1.29 is 24.0 Å². The van der Waals surface area contributed by atoms with E-state index in [0.29, 0.717) is 45.0 Å². The number of carbonyl (C=O) groups is 5. The van der Waals surface area contributed by atoms with Gasteiger partial charge in [-0.05, 0) is 70.1 Å². The summed E-state index contributed by atoms with van der Waals surface area (Å²) < 4.78 is 1.66. The van der Waals surface area contributed by atoms with E-state index in [1.54, 1.807) is 61.1 Å². The minimum Gasteiger partial charge on any atom is -0.351 e. The average Bonchev–Trinajstić information content (AvgIpc) is 3.56. The number of thiophene rings is 1. The molecule has 2 aromatic carbocycles. The quantitative estimate of drug-likeness (QED) is 0.156. The van der Waals surface area contributed by atoms with Crippen LogP contribution >= 0.6 is 11.3 Å². The lowest BCUT2D eigenvalue weighted by molar-refractivity contribution is -0.116. The summed E-state index contributed by atoms with van der Waals surface area (Å²) in [6.45, 7) is 3.33. The maximum atomic E-state index is 13.1. The first-order valence-corrected chi connectivity index (χ1v) is 15.5. The Morgan fingerprint density at radius 3 is 2.27 bits per heavy atom. The van der Waals surface area contributed by atoms with Gasteiger partial charge in [0.05, 0.1) is 16.3 Å². The first kappa shape index (κ1) is 31.6. The van der Waals surface area contributed by atoms with Crippen molar-refractivity contribution in [2.45, 2.75) is 26.2 Å². The molecule has 0 saturated heterocycles. The minimum atomic E-state index is -0.361. The summed E-state index contributed by atoms with van der Waals surface area (Å²) >= 11 is 1.24. The molecule has 4 aromatic rings. The second-order valence-corrected chi connectivity index (χ2v) is 12.6. The molecule has 11 nitrogen and oxygen atoms in total. The van der Waals surface area contributed by atoms with Crippen LogP contribution in [0.1, 0.15) is 65.0 Å². The summed E-state index contributed by atoms with van der Waals surface area (Å²) in [5, 5.41) is 10.1. The normalized spacial score (nSPS) is 12.6. The molecule has 0 unspecified atom stereocenters. The molecule has 2 aromatic heterocycles. The topological polar surface area (TPSA) is 133 Å². The number of nitrogens with zero attached hydrogens (tertiary/aromatic N) is 3. The van der Waals surface area contributed by atoms with Crippen molar-refractivity contribution in [3.63, 3.8) is 0 Å². The van der Waals surface area contributed by atoms with E-state index in [0.717, 1.165) is 23.2 Å². The number of hydrogen-bond donors (Lipinski definition) is 3. The van der Waals surface area contributed by atoms with Crippen LogP contribution in [0, 0.1) is 6.92 Å². The maximum Gasteiger partial charge on any atom is 0.267 e. The lowest BCUT2D eigenvalue weighted by Crippen LogP contribution is -2.41. The molecule has 0 bridgehead atoms. The predicted molar refractivity (Wildman–Crippen MR) is 175 cm³/mol. The van der Waals surface area contributed by atoms with Crippen molar-refractivity contribution in [1.29, 1.82) is 0 Å². The van der Waals surface area contributed by atoms with E-state index >= 15 is 0 Å². The molecule has 0 radical (unpaired) electrons. The number of carbonyl (C=O) groups excluding carboxylic acids is 5. The third-order valence-corrected chi connectivity index (χ3v) is 8.67. The minimum absolute atomic E-state index is 0.0870. The van der Waals surface area contributed by atoms with Gasteiger partial charge < -0.3 is 25.4 Å². The lowest BCUT2D eigenvalue weighted by Gasteiger charge is -2.27. The molecule has 3 heterocycles. The Kier molecular flexibility index (Phi) is 9.45. The highest BCUT2D eigenvalue weighted by molar-refractivity contribution is 7.14. The Morgan fingerprint density at radius 1 is 0.911 bits per heavy atom. The molecule has 0 aliphatic carbocycles. The number of aryl methyl sites for hydroxylation is 2. The molecule has 0 fully saturated rings. The predicted octanol–water partition coefficient (Wildman–Crippen LogP) is 4.50. The number of amides is 5. The second kappa shape index (κ2) is 13.4. The summed E-state index contributed by atoms with van der Waals surface area (Å²) in [6, 6.07) is 14.0. The van der Waals surface area contributed by atoms with Crippen LogP contribution in [-0.2, 0) is 11.8 Å². The van der Waals surface area contributed by atoms with Crippen molar-refractivity contribution in [2.75, 3.05) is 44.4 Å². The molecular weight excluding hydrogens is 592 g/mol. The number of benzene rings is 2. The van der Waals surface area contributed by atoms with Crippen LogP contribution < -0.4 is 16.0 Å². The van der Waals surface area contributed by atoms with E-state index in [1.165, 1.54) is 16.2 Å². The summed E-state index contributed by atoms with van der Waals surface area (Å²) in [5.41, 5.74) is 2.40. The highest BCUT2D eigenvalue weighted by Crippen LogP contribution is 2.31. The first-order chi connectivity index (χ1) is 21.5. The van der Waals surface area contributed by atoms with E-state index in [-0.39, 0.29) is 48.9 Å². The summed E-state index contributed by atoms with van der Waals surface area (Å²) in [7, 11) is 5.69. The number of hydrogen-bond acceptors (Lipinski definition) is 7. The largest absolute Gasteiger partial charge is 0.351 e. The summed E-state index contributed by atoms with van der Waals surface area (Å²) in [6.07, 6.45) is 2.88. The van der Waals surface area contributed by atoms with E-state index in [1.807, 2.05) is 31.1 Å². The van der Waals surface area contributed by atoms with Gasteiger partial charge in [0.15, 0.2) is 0 Å². The van der Waals surface area contributed by atoms with E-state index < -0.39 is 0 Å². The number of anilines is 2. The number of nitrogens with one attached hydrogen (secondary N) is 3. The van der Waals surface area contributed by atoms with Gasteiger partial charge in [-0.15, -0.1) is 11.3 Å². The Morgan fingerprint density at radius 2 is 1.60 bits per heavy atom. The van der Waals surface area contributed by atoms with Crippen molar-refractivity contribution in [3.05, 3.63) is 81.3 Å². The van der Waals surface area contributed by atoms with Crippen LogP contribution in [0.3, 0.4) is 0 Å². The van der Waals surface area contributed by atoms with E-state index in [9.17, 15) is 24.0 Å². The number of aromatic nitrogens is 1. The molecule has 1 aliphatic rings. The van der Waals surface area contributed by atoms with Crippen molar-refractivity contribution in [2.24, 2.45) is 7.05 Å². The SMILES string of the molecule is Cc1sc(C(=O)Nc2cc(C(=O)NCCCN(C)C)n(C)c2)cc1NC(=O)CCCN1C(=O)c2cccc3cccc(c23)C1=O. The van der Waals surface area contributed by atoms with Crippen molar-refractivity contribution in [3.8, 4) is 0 Å². The zero-order valence-corrected chi connectivity index (χ0v) is 26.5. The van der Waals surface area contributed by atoms with E-state index in [4.69, 9.17) is 0 Å². The molecule has 12 heteroatoms. The van der Waals surface area contributed by atoms with Gasteiger partial charge in [-0.25, -0.2) is 0 Å². The van der Waals surface area contributed by atoms with Crippen LogP contribution in [0.2, 0.25) is 0 Å². The smallest absolute Gasteiger partial charge is 0.267 e. The van der Waals surface area contributed by atoms with Gasteiger partial charge in [-0.3, -0.25) is 28.9 Å². The second-order valence-electron chi connectivity index (χ2n) is 11.3. The van der Waals surface area contributed by atoms with Crippen LogP contribution in [-0.4, -0.2) is 77.6 Å². The molecule has 0 spiro atoms. The standard InChI is InChI=1S/C33H36N6O5S/c1-20-25(18-27(45-20)31(42)35-22-17-26(38(4)19-22)30(41)34-14-8-15-37(2)3)36-28(40)13-7-16-39-32(43)23-11-5-9-21-10-6-12-24(29(21)23)33(39)44/h5-6,9-12,17-19H,7-8,13-16H2,1-4H3,(H,34,41)(H,35,42)(H,36,40). The lowest BCUT2D eigenvalue weighted by atomic mass is 9.94. The van der Waals surface area contributed by atoms with Crippen LogP contribution in [0.25, 0.3) is 10.8 Å². The fraction of sp³-hybridized carbons (Fsp3) is 0.303. The highest BCUT2D eigenvalue weighted by Gasteiger charge is 2.32. The van der Waals surface area contributed by atoms with Gasteiger partial charge in [0, 0.05) is 54.1 Å². The van der Waals surface area contributed by atoms with Gasteiger partial charge in [-0.1, -0.05) is 24.3 Å². The zero-order chi connectivity index (χ0) is 32.2. The number of imide groups is 1. The summed E-state index contributed by atoms with van der Waals surface area (Å²) in [5.74, 6) is -1.58. The van der Waals surface area contributed by atoms with Crippen LogP contribution in [0.4, 0.5) is 11.4 Å². The third kappa shape index (κ3) is 6.97. The van der Waals surface area contributed by atoms with Crippen LogP contribution in [0.5, 0.6) is 0 Å². The molecule has 45 heavy (non-hydrogen) atoms. The first-order valence-electron chi connectivity index (χ1n) is 14.7. The number of rotatable bonds is 12. The van der Waals surface area contributed by atoms with E-state index in [2.05, 4.69) is 16.0 Å². The van der Waals surface area contributed by atoms with Crippen molar-refractivity contribution >= 4 is 63.0 Å². The monoisotopic (exact) mass is 628 g/mol. The van der Waals surface area contributed by atoms with Crippen molar-refractivity contribution in [1.82, 2.24) is 19.7 Å². The Hall–Kier alpha value is -4.81. The molecule has 3 N–H and O–H groups in total. The molecule has 5 rings (SSSR count). The van der Waals surface area contributed by atoms with Gasteiger partial charge in [0.1, 0.15) is 5.69 Å².